The van der Waals surface area contributed by atoms with Crippen LogP contribution in [0.3, 0.4) is 0 Å². The van der Waals surface area contributed by atoms with Crippen LogP contribution in [0.25, 0.3) is 0 Å². The lowest BCUT2D eigenvalue weighted by Crippen LogP contribution is -3.08. The quantitative estimate of drug-likeness (QED) is 0.0549. The number of hydrogen-bond acceptors (Lipinski definition) is 28. The molecule has 0 radical (unpaired) electrons. The van der Waals surface area contributed by atoms with Crippen LogP contribution < -0.4 is 27.4 Å². The molecule has 0 saturated heterocycles. The first-order valence-electron chi connectivity index (χ1n) is 13.2. The van der Waals surface area contributed by atoms with E-state index in [0.29, 0.717) is 0 Å². The summed E-state index contributed by atoms with van der Waals surface area (Å²) in [7, 11) is 0. The lowest BCUT2D eigenvalue weighted by molar-refractivity contribution is -0.782. The van der Waals surface area contributed by atoms with Crippen molar-refractivity contribution >= 4 is 6.15 Å². The smallest absolute Gasteiger partial charge is 0.369 e. The van der Waals surface area contributed by atoms with E-state index in [4.69, 9.17) is 0 Å². The Morgan fingerprint density at radius 2 is 0.517 bits per heavy atom. The van der Waals surface area contributed by atoms with E-state index in [1.54, 1.807) is 0 Å². The summed E-state index contributed by atoms with van der Waals surface area (Å²) in [4.78, 5) is 135. The second-order valence-electron chi connectivity index (χ2n) is 10.7. The van der Waals surface area contributed by atoms with Crippen molar-refractivity contribution in [1.29, 1.82) is 0 Å². The fourth-order valence-electron chi connectivity index (χ4n) is 7.09. The van der Waals surface area contributed by atoms with Gasteiger partial charge in [0.1, 0.15) is 0 Å². The summed E-state index contributed by atoms with van der Waals surface area (Å²) in [5, 5.41) is 141. The Kier molecular flexibility index (Phi) is 9.51. The van der Waals surface area contributed by atoms with Gasteiger partial charge in [0.25, 0.3) is 0 Å². The molecular weight excluding hydrogens is 833 g/mol. The number of hydrogen-bond donors (Lipinski definition) is 5. The highest BCUT2D eigenvalue weighted by atomic mass is 16.7. The minimum absolute atomic E-state index is 0. The molecule has 0 aromatic heterocycles. The third-order valence-corrected chi connectivity index (χ3v) is 8.64. The number of nitrogens with one attached hydrogen (secondary N) is 4. The molecule has 0 bridgehead atoms. The Bertz CT molecular complexity index is 1890. The van der Waals surface area contributed by atoms with Gasteiger partial charge in [-0.2, -0.15) is 0 Å². The molecule has 312 valence electrons. The van der Waals surface area contributed by atoms with Crippen LogP contribution in [-0.4, -0.2) is 108 Å². The van der Waals surface area contributed by atoms with Crippen molar-refractivity contribution in [2.24, 2.45) is 0 Å². The summed E-state index contributed by atoms with van der Waals surface area (Å²) in [6.45, 7) is 0. The van der Waals surface area contributed by atoms with Gasteiger partial charge in [0.15, 0.2) is 44.9 Å². The Labute approximate surface area is 306 Å². The monoisotopic (exact) mass is 845 g/mol. The highest BCUT2D eigenvalue weighted by Crippen LogP contribution is 2.58. The molecule has 46 heteroatoms. The summed E-state index contributed by atoms with van der Waals surface area (Å²) in [6.07, 6.45) is -11.3. The molecule has 0 saturated carbocycles. The molecule has 0 spiro atoms. The molecule has 4 atom stereocenters. The average Bonchev–Trinajstić information content (AvgIpc) is 3.87. The van der Waals surface area contributed by atoms with Crippen molar-refractivity contribution < 1.29 is 59.5 Å². The van der Waals surface area contributed by atoms with Gasteiger partial charge < -0.3 is 46.6 Å². The van der Waals surface area contributed by atoms with Gasteiger partial charge in [-0.15, -0.1) is 0 Å². The van der Waals surface area contributed by atoms with E-state index in [0.717, 1.165) is 21.3 Å². The van der Waals surface area contributed by atoms with E-state index in [1.165, 1.54) is 0 Å². The lowest BCUT2D eigenvalue weighted by atomic mass is 9.07. The molecule has 45 nitrogen and oxygen atoms in total. The molecule has 4 aliphatic heterocycles. The normalized spacial score (nSPS) is 26.6. The molecular formula is C12H12BN21O24. The van der Waals surface area contributed by atoms with Crippen LogP contribution in [0.15, 0.2) is 48.1 Å². The van der Waals surface area contributed by atoms with Crippen molar-refractivity contribution in [3.8, 4) is 0 Å². The topological polar surface area (TPSA) is 615 Å². The van der Waals surface area contributed by atoms with Crippen LogP contribution in [0.2, 0.25) is 0 Å². The van der Waals surface area contributed by atoms with Crippen LogP contribution in [-0.2, 0) is 0 Å². The Morgan fingerprint density at radius 1 is 0.362 bits per heavy atom. The third kappa shape index (κ3) is 4.66. The molecule has 8 N–H and O–H groups in total. The molecule has 4 aliphatic rings. The first-order valence-corrected chi connectivity index (χ1v) is 13.2. The molecule has 0 aliphatic carbocycles. The zero-order valence-corrected chi connectivity index (χ0v) is 26.8. The first-order chi connectivity index (χ1) is 26.1. The number of quaternary nitrogens is 1. The van der Waals surface area contributed by atoms with Gasteiger partial charge in [0.2, 0.25) is 0 Å². The second kappa shape index (κ2) is 12.9. The van der Waals surface area contributed by atoms with Crippen LogP contribution in [0.5, 0.6) is 0 Å². The Hall–Kier alpha value is -9.82. The van der Waals surface area contributed by atoms with Crippen LogP contribution in [0.4, 0.5) is 0 Å². The number of rotatable bonds is 16. The molecule has 4 rings (SSSR count). The van der Waals surface area contributed by atoms with Crippen LogP contribution in [0.1, 0.15) is 0 Å². The standard InChI is InChI=1S/C12H8BN20O24.H3N/c34-22(35)5-1-18(30(50)51)9(14-5,26(42)43)13(10(27(44)45)15-6(23(36)37)2-19(10)31(52)53,11(28(46)47)16-7(24(38)39)3-20(11)32(54)55)12(29(48)49)17-8(25(40)41)4-21(12)33(56)57;/h1-4,14-17H;1H3/q-1;/p+1. The molecule has 0 aromatic rings. The lowest BCUT2D eigenvalue weighted by Gasteiger charge is -2.50. The van der Waals surface area contributed by atoms with Gasteiger partial charge in [0.05, 0.1) is 19.7 Å². The third-order valence-electron chi connectivity index (χ3n) is 8.64. The van der Waals surface area contributed by atoms with Gasteiger partial charge in [0, 0.05) is 0 Å². The molecule has 0 aromatic carbocycles. The zero-order chi connectivity index (χ0) is 43.7. The highest BCUT2D eigenvalue weighted by molar-refractivity contribution is 6.89. The summed E-state index contributed by atoms with van der Waals surface area (Å²) in [5.74, 6) is -9.67. The Morgan fingerprint density at radius 3 is 0.621 bits per heavy atom. The van der Waals surface area contributed by atoms with E-state index < -0.39 is 157 Å². The van der Waals surface area contributed by atoms with Crippen molar-refractivity contribution in [2.45, 2.75) is 22.7 Å². The maximum atomic E-state index is 13.7. The van der Waals surface area contributed by atoms with Gasteiger partial charge in [-0.25, -0.2) is 61.7 Å². The van der Waals surface area contributed by atoms with Gasteiger partial charge in [-0.1, -0.05) is 0 Å². The minimum atomic E-state index is -7.89. The van der Waals surface area contributed by atoms with E-state index in [2.05, 4.69) is 0 Å². The highest BCUT2D eigenvalue weighted by Gasteiger charge is 3.18. The van der Waals surface area contributed by atoms with Crippen LogP contribution in [0, 0.1) is 121 Å². The summed E-state index contributed by atoms with van der Waals surface area (Å²) in [6, 6.07) is 0. The fraction of sp³-hybridized carbons (Fsp3) is 0.333. The molecule has 0 fully saturated rings. The summed E-state index contributed by atoms with van der Waals surface area (Å²) >= 11 is 0. The average molecular weight is 845 g/mol. The largest absolute Gasteiger partial charge is 0.656 e. The van der Waals surface area contributed by atoms with E-state index in [9.17, 15) is 121 Å². The summed E-state index contributed by atoms with van der Waals surface area (Å²) < 4.78 is 0. The van der Waals surface area contributed by atoms with Crippen LogP contribution >= 0.6 is 0 Å². The van der Waals surface area contributed by atoms with E-state index >= 15 is 0 Å². The number of nitrogens with zero attached hydrogens (tertiary/aromatic N) is 16. The molecule has 58 heavy (non-hydrogen) atoms. The van der Waals surface area contributed by atoms with E-state index in [-0.39, 0.29) is 6.15 Å². The second-order valence-corrected chi connectivity index (χ2v) is 10.7. The fourth-order valence-corrected chi connectivity index (χ4v) is 7.09. The van der Waals surface area contributed by atoms with Crippen molar-refractivity contribution in [3.63, 3.8) is 0 Å². The number of nitro groups is 12. The number of hydrazine groups is 4. The summed E-state index contributed by atoms with van der Waals surface area (Å²) in [5.41, 5.74) is -23.8. The van der Waals surface area contributed by atoms with Crippen molar-refractivity contribution in [2.75, 3.05) is 0 Å². The molecule has 4 heterocycles. The van der Waals surface area contributed by atoms with Gasteiger partial charge >= 0.3 is 52.2 Å². The van der Waals surface area contributed by atoms with Crippen molar-refractivity contribution in [1.82, 2.24) is 47.5 Å². The Balaban J connectivity index is 0.00000900. The zero-order valence-electron chi connectivity index (χ0n) is 26.8. The maximum Gasteiger partial charge on any atom is 0.656 e. The SMILES string of the molecule is O=[N+]([O-])C1=CN([N+](=O)[O-])C([N+](=O)[O-])([B-](C2([N+](=O)[O-])NC([N+](=O)[O-])=CN2[N+](=O)[O-])(C2([N+](=O)[O-])NC([N+](=O)[O-])=CN2[N+](=O)[O-])C2([N+](=O)[O-])NC([N+](=O)[O-])=CN2[N+](=O)[O-])N1.[NH4+]. The van der Waals surface area contributed by atoms with Crippen molar-refractivity contribution in [3.05, 3.63) is 169 Å². The molecule has 4 unspecified atom stereocenters. The van der Waals surface area contributed by atoms with Gasteiger partial charge in [-0.05, 0) is 39.7 Å². The molecule has 0 amide bonds. The maximum absolute atomic E-state index is 13.7. The first kappa shape index (κ1) is 42.6. The van der Waals surface area contributed by atoms with E-state index in [1.807, 2.05) is 0 Å². The predicted molar refractivity (Wildman–Crippen MR) is 159 cm³/mol. The minimum Gasteiger partial charge on any atom is -0.369 e. The predicted octanol–water partition coefficient (Wildman–Crippen LogP) is -5.62. The van der Waals surface area contributed by atoms with Gasteiger partial charge in [-0.3, -0.25) is 40.5 Å².